The second kappa shape index (κ2) is 7.43. The molecule has 0 aromatic heterocycles. The van der Waals surface area contributed by atoms with Gasteiger partial charge in [0.1, 0.15) is 5.82 Å². The van der Waals surface area contributed by atoms with Crippen LogP contribution < -0.4 is 9.62 Å². The average Bonchev–Trinajstić information content (AvgIpc) is 2.94. The average molecular weight is 378 g/mol. The topological polar surface area (TPSA) is 86.7 Å². The van der Waals surface area contributed by atoms with Crippen molar-refractivity contribution in [3.63, 3.8) is 0 Å². The quantitative estimate of drug-likeness (QED) is 0.806. The predicted octanol–water partition coefficient (Wildman–Crippen LogP) is 2.35. The van der Waals surface area contributed by atoms with E-state index in [2.05, 4.69) is 5.32 Å². The van der Waals surface area contributed by atoms with Gasteiger partial charge in [0.25, 0.3) is 0 Å². The number of benzene rings is 2. The summed E-state index contributed by atoms with van der Waals surface area (Å²) in [6.07, 6.45) is 0.506. The van der Waals surface area contributed by atoms with Crippen LogP contribution in [0.4, 0.5) is 10.1 Å². The molecule has 0 saturated carbocycles. The fourth-order valence-corrected chi connectivity index (χ4v) is 4.46. The molecule has 8 heteroatoms. The van der Waals surface area contributed by atoms with Gasteiger partial charge >= 0.3 is 5.97 Å². The lowest BCUT2D eigenvalue weighted by atomic mass is 10.1. The van der Waals surface area contributed by atoms with Gasteiger partial charge in [0.05, 0.1) is 17.0 Å². The van der Waals surface area contributed by atoms with Crippen molar-refractivity contribution in [2.24, 2.45) is 0 Å². The minimum absolute atomic E-state index is 0.0520. The minimum atomic E-state index is -3.40. The van der Waals surface area contributed by atoms with Crippen LogP contribution in [0.25, 0.3) is 0 Å². The molecule has 1 heterocycles. The molecule has 26 heavy (non-hydrogen) atoms. The van der Waals surface area contributed by atoms with E-state index < -0.39 is 21.8 Å². The maximum absolute atomic E-state index is 14.3. The Morgan fingerprint density at radius 3 is 2.35 bits per heavy atom. The summed E-state index contributed by atoms with van der Waals surface area (Å²) in [5.74, 6) is -1.48. The van der Waals surface area contributed by atoms with Crippen molar-refractivity contribution in [2.75, 3.05) is 16.6 Å². The first-order valence-corrected chi connectivity index (χ1v) is 9.79. The highest BCUT2D eigenvalue weighted by Crippen LogP contribution is 2.27. The highest BCUT2D eigenvalue weighted by molar-refractivity contribution is 7.93. The van der Waals surface area contributed by atoms with Crippen molar-refractivity contribution in [1.82, 2.24) is 5.32 Å². The molecule has 0 radical (unpaired) electrons. The highest BCUT2D eigenvalue weighted by Gasteiger charge is 2.30. The lowest BCUT2D eigenvalue weighted by molar-refractivity contribution is 0.0697. The number of nitrogens with zero attached hydrogens (tertiary/aromatic N) is 1. The van der Waals surface area contributed by atoms with Crippen LogP contribution in [0.2, 0.25) is 0 Å². The maximum Gasteiger partial charge on any atom is 0.335 e. The Hall–Kier alpha value is -2.45. The summed E-state index contributed by atoms with van der Waals surface area (Å²) in [6, 6.07) is 11.0. The van der Waals surface area contributed by atoms with Crippen LogP contribution in [0.1, 0.15) is 27.9 Å². The van der Waals surface area contributed by atoms with Gasteiger partial charge in [-0.25, -0.2) is 17.6 Å². The molecule has 0 spiro atoms. The first kappa shape index (κ1) is 18.3. The van der Waals surface area contributed by atoms with E-state index in [1.165, 1.54) is 24.3 Å². The molecule has 3 rings (SSSR count). The van der Waals surface area contributed by atoms with Gasteiger partial charge in [0.15, 0.2) is 0 Å². The third kappa shape index (κ3) is 4.03. The van der Waals surface area contributed by atoms with Crippen LogP contribution in [0, 0.1) is 5.82 Å². The largest absolute Gasteiger partial charge is 0.478 e. The molecule has 2 aromatic rings. The third-order valence-corrected chi connectivity index (χ3v) is 6.09. The summed E-state index contributed by atoms with van der Waals surface area (Å²) in [5, 5.41) is 12.0. The normalized spacial score (nSPS) is 16.0. The first-order chi connectivity index (χ1) is 12.4. The molecule has 0 amide bonds. The zero-order chi connectivity index (χ0) is 18.7. The van der Waals surface area contributed by atoms with E-state index >= 15 is 0 Å². The second-order valence-corrected chi connectivity index (χ2v) is 8.15. The van der Waals surface area contributed by atoms with E-state index in [-0.39, 0.29) is 17.0 Å². The van der Waals surface area contributed by atoms with Crippen LogP contribution in [-0.2, 0) is 23.1 Å². The number of anilines is 1. The second-order valence-electron chi connectivity index (χ2n) is 6.13. The van der Waals surface area contributed by atoms with Crippen LogP contribution >= 0.6 is 0 Å². The van der Waals surface area contributed by atoms with Gasteiger partial charge in [-0.2, -0.15) is 0 Å². The number of carboxylic acids is 1. The monoisotopic (exact) mass is 378 g/mol. The Labute approximate surface area is 151 Å². The standard InChI is InChI=1S/C18H19FN2O4S/c19-16-10-14(4-7-17(16)21-8-1-9-26(21,24)25)12-20-11-13-2-5-15(6-3-13)18(22)23/h2-7,10,20H,1,8-9,11-12H2,(H,22,23). The number of halogens is 1. The summed E-state index contributed by atoms with van der Waals surface area (Å²) in [7, 11) is -3.40. The van der Waals surface area contributed by atoms with E-state index in [9.17, 15) is 17.6 Å². The zero-order valence-electron chi connectivity index (χ0n) is 14.0. The van der Waals surface area contributed by atoms with Gasteiger partial charge in [0.2, 0.25) is 10.0 Å². The first-order valence-electron chi connectivity index (χ1n) is 8.18. The van der Waals surface area contributed by atoms with E-state index in [1.807, 2.05) is 0 Å². The number of nitrogens with one attached hydrogen (secondary N) is 1. The molecule has 0 bridgehead atoms. The number of sulfonamides is 1. The Kier molecular flexibility index (Phi) is 5.24. The number of rotatable bonds is 6. The molecular formula is C18H19FN2O4S. The summed E-state index contributed by atoms with van der Waals surface area (Å²) in [5.41, 5.74) is 1.93. The SMILES string of the molecule is O=C(O)c1ccc(CNCc2ccc(N3CCCS3(=O)=O)c(F)c2)cc1. The minimum Gasteiger partial charge on any atom is -0.478 e. The molecule has 1 aliphatic rings. The van der Waals surface area contributed by atoms with Crippen molar-refractivity contribution in [3.8, 4) is 0 Å². The molecule has 1 saturated heterocycles. The summed E-state index contributed by atoms with van der Waals surface area (Å²) in [6.45, 7) is 1.22. The van der Waals surface area contributed by atoms with Gasteiger partial charge in [-0.3, -0.25) is 4.31 Å². The molecule has 6 nitrogen and oxygen atoms in total. The van der Waals surface area contributed by atoms with Gasteiger partial charge < -0.3 is 10.4 Å². The predicted molar refractivity (Wildman–Crippen MR) is 96.1 cm³/mol. The Balaban J connectivity index is 1.60. The lowest BCUT2D eigenvalue weighted by Crippen LogP contribution is -2.26. The van der Waals surface area contributed by atoms with E-state index in [0.717, 1.165) is 9.87 Å². The van der Waals surface area contributed by atoms with Crippen LogP contribution in [0.15, 0.2) is 42.5 Å². The molecule has 2 N–H and O–H groups in total. The molecule has 0 atom stereocenters. The molecule has 1 aliphatic heterocycles. The number of aromatic carboxylic acids is 1. The number of hydrogen-bond donors (Lipinski definition) is 2. The van der Waals surface area contributed by atoms with Crippen molar-refractivity contribution >= 4 is 21.7 Å². The van der Waals surface area contributed by atoms with Gasteiger partial charge in [0, 0.05) is 19.6 Å². The van der Waals surface area contributed by atoms with E-state index in [4.69, 9.17) is 5.11 Å². The molecule has 0 unspecified atom stereocenters. The maximum atomic E-state index is 14.3. The molecule has 0 aliphatic carbocycles. The molecule has 2 aromatic carbocycles. The Bertz CT molecular complexity index is 913. The van der Waals surface area contributed by atoms with Crippen LogP contribution in [-0.4, -0.2) is 31.8 Å². The van der Waals surface area contributed by atoms with E-state index in [0.29, 0.717) is 31.6 Å². The number of hydrogen-bond acceptors (Lipinski definition) is 4. The van der Waals surface area contributed by atoms with Gasteiger partial charge in [-0.05, 0) is 41.8 Å². The van der Waals surface area contributed by atoms with E-state index in [1.54, 1.807) is 18.2 Å². The van der Waals surface area contributed by atoms with Crippen LogP contribution in [0.5, 0.6) is 0 Å². The number of carboxylic acid groups (broad SMARTS) is 1. The molecule has 138 valence electrons. The van der Waals surface area contributed by atoms with Crippen LogP contribution in [0.3, 0.4) is 0 Å². The third-order valence-electron chi connectivity index (χ3n) is 4.24. The molecular weight excluding hydrogens is 359 g/mol. The Morgan fingerprint density at radius 2 is 1.77 bits per heavy atom. The zero-order valence-corrected chi connectivity index (χ0v) is 14.8. The van der Waals surface area contributed by atoms with Crippen molar-refractivity contribution in [1.29, 1.82) is 0 Å². The summed E-state index contributed by atoms with van der Waals surface area (Å²) < 4.78 is 39.3. The molecule has 1 fully saturated rings. The summed E-state index contributed by atoms with van der Waals surface area (Å²) >= 11 is 0. The fourth-order valence-electron chi connectivity index (χ4n) is 2.89. The van der Waals surface area contributed by atoms with Gasteiger partial charge in [-0.15, -0.1) is 0 Å². The van der Waals surface area contributed by atoms with Gasteiger partial charge in [-0.1, -0.05) is 18.2 Å². The van der Waals surface area contributed by atoms with Crippen molar-refractivity contribution in [2.45, 2.75) is 19.5 Å². The lowest BCUT2D eigenvalue weighted by Gasteiger charge is -2.18. The smallest absolute Gasteiger partial charge is 0.335 e. The summed E-state index contributed by atoms with van der Waals surface area (Å²) in [4.78, 5) is 10.8. The highest BCUT2D eigenvalue weighted by atomic mass is 32.2. The number of carbonyl (C=O) groups is 1. The van der Waals surface area contributed by atoms with Crippen molar-refractivity contribution < 1.29 is 22.7 Å². The van der Waals surface area contributed by atoms with Crippen molar-refractivity contribution in [3.05, 3.63) is 65.0 Å². The fraction of sp³-hybridized carbons (Fsp3) is 0.278. The Morgan fingerprint density at radius 1 is 1.12 bits per heavy atom.